The van der Waals surface area contributed by atoms with Crippen LogP contribution >= 0.6 is 0 Å². The lowest BCUT2D eigenvalue weighted by molar-refractivity contribution is 0.111. The number of carbonyl (C=O) groups is 1. The number of rotatable bonds is 4. The molecule has 0 aromatic carbocycles. The smallest absolute Gasteiger partial charge is 0.170 e. The van der Waals surface area contributed by atoms with Crippen molar-refractivity contribution in [3.63, 3.8) is 0 Å². The molecule has 3 nitrogen and oxygen atoms in total. The highest BCUT2D eigenvalue weighted by atomic mass is 16.1. The van der Waals surface area contributed by atoms with E-state index < -0.39 is 0 Å². The molecule has 1 aromatic heterocycles. The predicted octanol–water partition coefficient (Wildman–Crippen LogP) is 1.74. The van der Waals surface area contributed by atoms with Gasteiger partial charge in [0.1, 0.15) is 5.69 Å². The Bertz CT molecular complexity index is 253. The van der Waals surface area contributed by atoms with E-state index in [1.165, 1.54) is 0 Å². The fourth-order valence-electron chi connectivity index (χ4n) is 0.955. The molecule has 0 saturated carbocycles. The number of carbonyl (C=O) groups excluding carboxylic acids is 1. The summed E-state index contributed by atoms with van der Waals surface area (Å²) in [7, 11) is 0. The molecular weight excluding hydrogens is 152 g/mol. The topological polar surface area (TPSA) is 34.9 Å². The molecule has 0 aliphatic heterocycles. The maximum absolute atomic E-state index is 10.3. The number of aromatic nitrogens is 2. The van der Waals surface area contributed by atoms with Crippen LogP contribution in [0.4, 0.5) is 0 Å². The average molecular weight is 166 g/mol. The standard InChI is InChI=1S/C9H14N2O/c1-8(2)3-5-11-6-4-9(7-12)10-11/h4,6-8H,3,5H2,1-2H3. The van der Waals surface area contributed by atoms with E-state index in [1.54, 1.807) is 6.07 Å². The SMILES string of the molecule is CC(C)CCn1ccc(C=O)n1. The summed E-state index contributed by atoms with van der Waals surface area (Å²) in [5, 5.41) is 4.05. The molecule has 0 aliphatic carbocycles. The minimum absolute atomic E-state index is 0.513. The number of nitrogens with zero attached hydrogens (tertiary/aromatic N) is 2. The van der Waals surface area contributed by atoms with Crippen LogP contribution in [0.3, 0.4) is 0 Å². The Morgan fingerprint density at radius 2 is 2.42 bits per heavy atom. The van der Waals surface area contributed by atoms with Crippen LogP contribution in [0.25, 0.3) is 0 Å². The lowest BCUT2D eigenvalue weighted by Gasteiger charge is -2.03. The maximum Gasteiger partial charge on any atom is 0.170 e. The van der Waals surface area contributed by atoms with Crippen molar-refractivity contribution in [1.29, 1.82) is 0 Å². The second-order valence-electron chi connectivity index (χ2n) is 3.30. The van der Waals surface area contributed by atoms with Crippen molar-refractivity contribution in [3.8, 4) is 0 Å². The van der Waals surface area contributed by atoms with E-state index in [0.29, 0.717) is 11.6 Å². The summed E-state index contributed by atoms with van der Waals surface area (Å²) in [6.07, 6.45) is 3.71. The van der Waals surface area contributed by atoms with Gasteiger partial charge in [0.2, 0.25) is 0 Å². The Morgan fingerprint density at radius 3 is 2.92 bits per heavy atom. The van der Waals surface area contributed by atoms with Gasteiger partial charge < -0.3 is 0 Å². The van der Waals surface area contributed by atoms with Crippen LogP contribution < -0.4 is 0 Å². The molecule has 0 fully saturated rings. The van der Waals surface area contributed by atoms with Gasteiger partial charge in [0.05, 0.1) is 0 Å². The molecule has 0 saturated heterocycles. The zero-order valence-electron chi connectivity index (χ0n) is 7.53. The monoisotopic (exact) mass is 166 g/mol. The van der Waals surface area contributed by atoms with Gasteiger partial charge in [0, 0.05) is 12.7 Å². The van der Waals surface area contributed by atoms with Gasteiger partial charge in [-0.25, -0.2) is 0 Å². The second kappa shape index (κ2) is 4.04. The van der Waals surface area contributed by atoms with E-state index in [-0.39, 0.29) is 0 Å². The van der Waals surface area contributed by atoms with Crippen LogP contribution in [0.1, 0.15) is 30.8 Å². The number of hydrogen-bond donors (Lipinski definition) is 0. The molecule has 0 amide bonds. The molecule has 0 spiro atoms. The lowest BCUT2D eigenvalue weighted by Crippen LogP contribution is -2.02. The first-order valence-electron chi connectivity index (χ1n) is 4.21. The number of hydrogen-bond acceptors (Lipinski definition) is 2. The highest BCUT2D eigenvalue weighted by Crippen LogP contribution is 2.02. The second-order valence-corrected chi connectivity index (χ2v) is 3.30. The molecule has 0 aliphatic rings. The van der Waals surface area contributed by atoms with Gasteiger partial charge in [-0.05, 0) is 18.4 Å². The first-order valence-corrected chi connectivity index (χ1v) is 4.21. The molecule has 0 unspecified atom stereocenters. The van der Waals surface area contributed by atoms with Crippen LogP contribution in [0.5, 0.6) is 0 Å². The maximum atomic E-state index is 10.3. The van der Waals surface area contributed by atoms with E-state index in [1.807, 2.05) is 10.9 Å². The molecule has 3 heteroatoms. The normalized spacial score (nSPS) is 10.6. The van der Waals surface area contributed by atoms with E-state index in [0.717, 1.165) is 19.3 Å². The highest BCUT2D eigenvalue weighted by molar-refractivity contribution is 5.71. The van der Waals surface area contributed by atoms with E-state index in [2.05, 4.69) is 18.9 Å². The molecule has 12 heavy (non-hydrogen) atoms. The summed E-state index contributed by atoms with van der Waals surface area (Å²) in [6.45, 7) is 5.24. The van der Waals surface area contributed by atoms with Crippen LogP contribution in [-0.2, 0) is 6.54 Å². The van der Waals surface area contributed by atoms with Crippen molar-refractivity contribution >= 4 is 6.29 Å². The Morgan fingerprint density at radius 1 is 1.67 bits per heavy atom. The summed E-state index contributed by atoms with van der Waals surface area (Å²) in [6, 6.07) is 1.73. The fraction of sp³-hybridized carbons (Fsp3) is 0.556. The van der Waals surface area contributed by atoms with Gasteiger partial charge in [-0.1, -0.05) is 13.8 Å². The van der Waals surface area contributed by atoms with Gasteiger partial charge in [-0.3, -0.25) is 9.48 Å². The van der Waals surface area contributed by atoms with Crippen molar-refractivity contribution in [2.24, 2.45) is 5.92 Å². The van der Waals surface area contributed by atoms with Crippen molar-refractivity contribution in [3.05, 3.63) is 18.0 Å². The molecule has 1 heterocycles. The molecule has 0 N–H and O–H groups in total. The third-order valence-electron chi connectivity index (χ3n) is 1.72. The van der Waals surface area contributed by atoms with E-state index in [9.17, 15) is 4.79 Å². The summed E-state index contributed by atoms with van der Waals surface area (Å²) in [5.41, 5.74) is 0.513. The van der Waals surface area contributed by atoms with Crippen LogP contribution in [-0.4, -0.2) is 16.1 Å². The minimum Gasteiger partial charge on any atom is -0.296 e. The molecule has 0 bridgehead atoms. The Balaban J connectivity index is 2.47. The average Bonchev–Trinajstić information content (AvgIpc) is 2.48. The summed E-state index contributed by atoms with van der Waals surface area (Å²) in [4.78, 5) is 10.3. The Hall–Kier alpha value is -1.12. The van der Waals surface area contributed by atoms with Crippen molar-refractivity contribution in [2.45, 2.75) is 26.8 Å². The summed E-state index contributed by atoms with van der Waals surface area (Å²) < 4.78 is 1.81. The zero-order valence-corrected chi connectivity index (χ0v) is 7.53. The first kappa shape index (κ1) is 8.97. The molecular formula is C9H14N2O. The number of aryl methyl sites for hydroxylation is 1. The van der Waals surface area contributed by atoms with Gasteiger partial charge in [0.25, 0.3) is 0 Å². The Labute approximate surface area is 72.4 Å². The van der Waals surface area contributed by atoms with E-state index in [4.69, 9.17) is 0 Å². The number of aldehydes is 1. The zero-order chi connectivity index (χ0) is 8.97. The van der Waals surface area contributed by atoms with Crippen LogP contribution in [0.15, 0.2) is 12.3 Å². The lowest BCUT2D eigenvalue weighted by atomic mass is 10.1. The summed E-state index contributed by atoms with van der Waals surface area (Å²) in [5.74, 6) is 0.675. The van der Waals surface area contributed by atoms with Crippen molar-refractivity contribution < 1.29 is 4.79 Å². The minimum atomic E-state index is 0.513. The Kier molecular flexibility index (Phi) is 3.02. The van der Waals surface area contributed by atoms with Crippen LogP contribution in [0.2, 0.25) is 0 Å². The quantitative estimate of drug-likeness (QED) is 0.638. The molecule has 1 rings (SSSR count). The van der Waals surface area contributed by atoms with Crippen LogP contribution in [0, 0.1) is 5.92 Å². The van der Waals surface area contributed by atoms with Gasteiger partial charge in [0.15, 0.2) is 6.29 Å². The van der Waals surface area contributed by atoms with E-state index >= 15 is 0 Å². The molecule has 1 aromatic rings. The fourth-order valence-corrected chi connectivity index (χ4v) is 0.955. The largest absolute Gasteiger partial charge is 0.296 e. The summed E-state index contributed by atoms with van der Waals surface area (Å²) >= 11 is 0. The molecule has 66 valence electrons. The molecule has 0 atom stereocenters. The third kappa shape index (κ3) is 2.49. The van der Waals surface area contributed by atoms with Gasteiger partial charge in [-0.2, -0.15) is 5.10 Å². The molecule has 0 radical (unpaired) electrons. The van der Waals surface area contributed by atoms with Gasteiger partial charge >= 0.3 is 0 Å². The van der Waals surface area contributed by atoms with Gasteiger partial charge in [-0.15, -0.1) is 0 Å². The predicted molar refractivity (Wildman–Crippen MR) is 47.1 cm³/mol. The first-order chi connectivity index (χ1) is 5.72. The third-order valence-corrected chi connectivity index (χ3v) is 1.72. The van der Waals surface area contributed by atoms with Crippen molar-refractivity contribution in [1.82, 2.24) is 9.78 Å². The van der Waals surface area contributed by atoms with Crippen molar-refractivity contribution in [2.75, 3.05) is 0 Å². The highest BCUT2D eigenvalue weighted by Gasteiger charge is 1.98.